The van der Waals surface area contributed by atoms with Crippen molar-refractivity contribution in [2.45, 2.75) is 31.3 Å². The van der Waals surface area contributed by atoms with Crippen molar-refractivity contribution in [2.75, 3.05) is 6.61 Å². The maximum absolute atomic E-state index is 13.2. The standard InChI is InChI=1S/C13H15FO4/c14-10-5-9(12(15)16)6-11(7-10)18-8-13(17)3-1-2-4-13/h5-7,17H,1-4,8H2,(H,15,16). The van der Waals surface area contributed by atoms with E-state index >= 15 is 0 Å². The Morgan fingerprint density at radius 3 is 2.61 bits per heavy atom. The highest BCUT2D eigenvalue weighted by Crippen LogP contribution is 2.30. The van der Waals surface area contributed by atoms with Gasteiger partial charge in [-0.3, -0.25) is 0 Å². The second kappa shape index (κ2) is 4.94. The summed E-state index contributed by atoms with van der Waals surface area (Å²) in [4.78, 5) is 10.8. The molecule has 0 saturated heterocycles. The van der Waals surface area contributed by atoms with Crippen LogP contribution in [0.5, 0.6) is 5.75 Å². The number of aliphatic hydroxyl groups is 1. The molecule has 0 aromatic heterocycles. The molecule has 1 aromatic carbocycles. The Kier molecular flexibility index (Phi) is 3.52. The normalized spacial score (nSPS) is 17.7. The molecule has 98 valence electrons. The fourth-order valence-corrected chi connectivity index (χ4v) is 2.16. The molecule has 0 radical (unpaired) electrons. The zero-order valence-electron chi connectivity index (χ0n) is 9.86. The van der Waals surface area contributed by atoms with Crippen molar-refractivity contribution in [3.8, 4) is 5.75 Å². The van der Waals surface area contributed by atoms with Gasteiger partial charge in [0, 0.05) is 6.07 Å². The fraction of sp³-hybridized carbons (Fsp3) is 0.462. The summed E-state index contributed by atoms with van der Waals surface area (Å²) in [6.07, 6.45) is 3.22. The van der Waals surface area contributed by atoms with Crippen LogP contribution >= 0.6 is 0 Å². The van der Waals surface area contributed by atoms with Gasteiger partial charge in [-0.05, 0) is 25.0 Å². The number of rotatable bonds is 4. The smallest absolute Gasteiger partial charge is 0.335 e. The zero-order valence-corrected chi connectivity index (χ0v) is 9.86. The molecule has 1 saturated carbocycles. The molecule has 2 N–H and O–H groups in total. The number of hydrogen-bond acceptors (Lipinski definition) is 3. The second-order valence-electron chi connectivity index (χ2n) is 4.70. The van der Waals surface area contributed by atoms with Crippen molar-refractivity contribution >= 4 is 5.97 Å². The minimum atomic E-state index is -1.21. The first-order valence-corrected chi connectivity index (χ1v) is 5.88. The molecule has 0 amide bonds. The van der Waals surface area contributed by atoms with E-state index in [0.29, 0.717) is 12.8 Å². The molecule has 4 nitrogen and oxygen atoms in total. The average Bonchev–Trinajstić information content (AvgIpc) is 2.73. The summed E-state index contributed by atoms with van der Waals surface area (Å²) in [7, 11) is 0. The second-order valence-corrected chi connectivity index (χ2v) is 4.70. The highest BCUT2D eigenvalue weighted by atomic mass is 19.1. The molecule has 1 aliphatic carbocycles. The average molecular weight is 254 g/mol. The summed E-state index contributed by atoms with van der Waals surface area (Å²) >= 11 is 0. The van der Waals surface area contributed by atoms with Gasteiger partial charge >= 0.3 is 5.97 Å². The molecule has 1 fully saturated rings. The summed E-state index contributed by atoms with van der Waals surface area (Å²) in [5.41, 5.74) is -1.03. The Morgan fingerprint density at radius 1 is 1.33 bits per heavy atom. The van der Waals surface area contributed by atoms with Crippen LogP contribution in [0, 0.1) is 5.82 Å². The number of hydrogen-bond donors (Lipinski definition) is 2. The lowest BCUT2D eigenvalue weighted by Gasteiger charge is -2.22. The zero-order chi connectivity index (χ0) is 13.2. The van der Waals surface area contributed by atoms with Gasteiger partial charge in [-0.1, -0.05) is 12.8 Å². The van der Waals surface area contributed by atoms with Crippen molar-refractivity contribution in [1.29, 1.82) is 0 Å². The highest BCUT2D eigenvalue weighted by Gasteiger charge is 2.31. The van der Waals surface area contributed by atoms with E-state index < -0.39 is 17.4 Å². The molecule has 0 unspecified atom stereocenters. The van der Waals surface area contributed by atoms with Crippen molar-refractivity contribution in [2.24, 2.45) is 0 Å². The number of halogens is 1. The maximum Gasteiger partial charge on any atom is 0.335 e. The van der Waals surface area contributed by atoms with Gasteiger partial charge in [-0.25, -0.2) is 9.18 Å². The quantitative estimate of drug-likeness (QED) is 0.864. The lowest BCUT2D eigenvalue weighted by atomic mass is 10.0. The lowest BCUT2D eigenvalue weighted by molar-refractivity contribution is 0.00130. The van der Waals surface area contributed by atoms with Gasteiger partial charge in [-0.2, -0.15) is 0 Å². The van der Waals surface area contributed by atoms with Crippen molar-refractivity contribution in [1.82, 2.24) is 0 Å². The minimum Gasteiger partial charge on any atom is -0.490 e. The summed E-state index contributed by atoms with van der Waals surface area (Å²) in [6, 6.07) is 3.30. The summed E-state index contributed by atoms with van der Waals surface area (Å²) < 4.78 is 18.5. The van der Waals surface area contributed by atoms with Gasteiger partial charge in [0.05, 0.1) is 11.2 Å². The molecular formula is C13H15FO4. The van der Waals surface area contributed by atoms with E-state index in [0.717, 1.165) is 25.0 Å². The Morgan fingerprint density at radius 2 is 2.00 bits per heavy atom. The topological polar surface area (TPSA) is 66.8 Å². The lowest BCUT2D eigenvalue weighted by Crippen LogP contribution is -2.32. The summed E-state index contributed by atoms with van der Waals surface area (Å²) in [5, 5.41) is 18.9. The van der Waals surface area contributed by atoms with Crippen LogP contribution in [0.15, 0.2) is 18.2 Å². The van der Waals surface area contributed by atoms with E-state index in [1.54, 1.807) is 0 Å². The van der Waals surface area contributed by atoms with Crippen LogP contribution in [0.3, 0.4) is 0 Å². The van der Waals surface area contributed by atoms with E-state index in [2.05, 4.69) is 0 Å². The first-order valence-electron chi connectivity index (χ1n) is 5.88. The molecule has 0 aliphatic heterocycles. The van der Waals surface area contributed by atoms with Crippen molar-refractivity contribution < 1.29 is 24.1 Å². The predicted molar refractivity (Wildman–Crippen MR) is 62.3 cm³/mol. The van der Waals surface area contributed by atoms with Gasteiger partial charge in [-0.15, -0.1) is 0 Å². The molecular weight excluding hydrogens is 239 g/mol. The summed E-state index contributed by atoms with van der Waals surface area (Å²) in [5.74, 6) is -1.74. The first-order chi connectivity index (χ1) is 8.48. The van der Waals surface area contributed by atoms with E-state index in [-0.39, 0.29) is 17.9 Å². The SMILES string of the molecule is O=C(O)c1cc(F)cc(OCC2(O)CCCC2)c1. The number of benzene rings is 1. The van der Waals surface area contributed by atoms with Crippen LogP contribution in [0.2, 0.25) is 0 Å². The third-order valence-electron chi connectivity index (χ3n) is 3.16. The number of aromatic carboxylic acids is 1. The van der Waals surface area contributed by atoms with Gasteiger partial charge < -0.3 is 14.9 Å². The van der Waals surface area contributed by atoms with Gasteiger partial charge in [0.2, 0.25) is 0 Å². The number of carboxylic acids is 1. The maximum atomic E-state index is 13.2. The monoisotopic (exact) mass is 254 g/mol. The van der Waals surface area contributed by atoms with Gasteiger partial charge in [0.25, 0.3) is 0 Å². The minimum absolute atomic E-state index is 0.0650. The first kappa shape index (κ1) is 12.8. The van der Waals surface area contributed by atoms with Crippen LogP contribution in [-0.2, 0) is 0 Å². The van der Waals surface area contributed by atoms with E-state index in [1.165, 1.54) is 6.07 Å². The number of ether oxygens (including phenoxy) is 1. The fourth-order valence-electron chi connectivity index (χ4n) is 2.16. The molecule has 1 aromatic rings. The van der Waals surface area contributed by atoms with E-state index in [9.17, 15) is 14.3 Å². The third kappa shape index (κ3) is 2.98. The van der Waals surface area contributed by atoms with Crippen LogP contribution in [0.4, 0.5) is 4.39 Å². The van der Waals surface area contributed by atoms with E-state index in [1.807, 2.05) is 0 Å². The molecule has 0 spiro atoms. The Labute approximate surface area is 104 Å². The molecule has 1 aliphatic rings. The number of carbonyl (C=O) groups is 1. The van der Waals surface area contributed by atoms with Crippen LogP contribution in [-0.4, -0.2) is 28.4 Å². The Bertz CT molecular complexity index is 452. The van der Waals surface area contributed by atoms with Crippen LogP contribution < -0.4 is 4.74 Å². The molecule has 0 bridgehead atoms. The van der Waals surface area contributed by atoms with Crippen LogP contribution in [0.1, 0.15) is 36.0 Å². The van der Waals surface area contributed by atoms with E-state index in [4.69, 9.17) is 9.84 Å². The Hall–Kier alpha value is -1.62. The molecule has 5 heteroatoms. The van der Waals surface area contributed by atoms with Gasteiger partial charge in [0.15, 0.2) is 0 Å². The largest absolute Gasteiger partial charge is 0.490 e. The molecule has 2 rings (SSSR count). The highest BCUT2D eigenvalue weighted by molar-refractivity contribution is 5.88. The third-order valence-corrected chi connectivity index (χ3v) is 3.16. The number of carboxylic acid groups (broad SMARTS) is 1. The summed E-state index contributed by atoms with van der Waals surface area (Å²) in [6.45, 7) is 0.0650. The van der Waals surface area contributed by atoms with Crippen molar-refractivity contribution in [3.05, 3.63) is 29.6 Å². The molecule has 0 atom stereocenters. The van der Waals surface area contributed by atoms with Gasteiger partial charge in [0.1, 0.15) is 18.2 Å². The molecule has 18 heavy (non-hydrogen) atoms. The van der Waals surface area contributed by atoms with Crippen molar-refractivity contribution in [3.63, 3.8) is 0 Å². The Balaban J connectivity index is 2.07. The van der Waals surface area contributed by atoms with Crippen LogP contribution in [0.25, 0.3) is 0 Å². The predicted octanol–water partition coefficient (Wildman–Crippen LogP) is 2.21. The molecule has 0 heterocycles.